The van der Waals surface area contributed by atoms with E-state index in [4.69, 9.17) is 14.2 Å². The van der Waals surface area contributed by atoms with Crippen LogP contribution < -0.4 is 0 Å². The van der Waals surface area contributed by atoms with Gasteiger partial charge in [-0.2, -0.15) is 0 Å². The molecule has 0 aliphatic heterocycles. The third kappa shape index (κ3) is 59.0. The lowest BCUT2D eigenvalue weighted by atomic mass is 10.1. The highest BCUT2D eigenvalue weighted by atomic mass is 16.6. The Balaban J connectivity index is 4.35. The molecule has 1 atom stereocenters. The van der Waals surface area contributed by atoms with Crippen LogP contribution in [0.3, 0.4) is 0 Å². The van der Waals surface area contributed by atoms with E-state index < -0.39 is 6.10 Å². The molecular weight excluding hydrogens is 913 g/mol. The standard InChI is InChI=1S/C68H114O6/c1-4-7-10-13-16-19-22-25-28-29-30-31-32-33-34-35-36-37-38-39-41-43-46-49-52-55-58-61-67(70)73-64-65(63-72-66(69)60-57-54-51-48-45-42-27-24-21-18-15-12-9-6-3)74-68(71)62-59-56-53-50-47-44-40-26-23-20-17-14-11-8-5-2/h7,10,16-17,19-20,24-28,30-31,33-34,36-37,40,65H,4-6,8-9,11-15,18,21-23,29,32,35,38-39,41-64H2,1-3H3/b10-7-,19-16-,20-17-,27-24-,28-25-,31-30-,34-33-,37-36-,40-26-. The molecule has 0 aromatic heterocycles. The largest absolute Gasteiger partial charge is 0.462 e. The number of ether oxygens (including phenoxy) is 3. The summed E-state index contributed by atoms with van der Waals surface area (Å²) in [6.45, 7) is 6.47. The van der Waals surface area contributed by atoms with E-state index in [0.717, 1.165) is 135 Å². The molecule has 0 bridgehead atoms. The molecule has 0 N–H and O–H groups in total. The van der Waals surface area contributed by atoms with Gasteiger partial charge in [-0.3, -0.25) is 14.4 Å². The van der Waals surface area contributed by atoms with Crippen molar-refractivity contribution < 1.29 is 28.6 Å². The first-order chi connectivity index (χ1) is 36.5. The molecule has 0 heterocycles. The van der Waals surface area contributed by atoms with Crippen molar-refractivity contribution in [2.45, 2.75) is 290 Å². The van der Waals surface area contributed by atoms with Gasteiger partial charge in [-0.15, -0.1) is 0 Å². The third-order valence-corrected chi connectivity index (χ3v) is 13.0. The Labute approximate surface area is 457 Å². The number of hydrogen-bond acceptors (Lipinski definition) is 6. The van der Waals surface area contributed by atoms with Crippen LogP contribution in [0, 0.1) is 0 Å². The van der Waals surface area contributed by atoms with E-state index in [1.165, 1.54) is 109 Å². The highest BCUT2D eigenvalue weighted by Gasteiger charge is 2.19. The SMILES string of the molecule is CC/C=C\C/C=C\C/C=C\C/C=C\C/C=C\C/C=C\CCCCCCCCCCC(=O)OCC(COC(=O)CCCCCCC/C=C\CCCCCCC)OC(=O)CCCCCCC/C=C\C/C=C\CCCCC. The Morgan fingerprint density at radius 1 is 0.284 bits per heavy atom. The van der Waals surface area contributed by atoms with Crippen molar-refractivity contribution in [1.29, 1.82) is 0 Å². The Hall–Kier alpha value is -3.93. The lowest BCUT2D eigenvalue weighted by molar-refractivity contribution is -0.167. The third-order valence-electron chi connectivity index (χ3n) is 13.0. The van der Waals surface area contributed by atoms with Crippen molar-refractivity contribution in [1.82, 2.24) is 0 Å². The van der Waals surface area contributed by atoms with Crippen LogP contribution in [0.2, 0.25) is 0 Å². The summed E-state index contributed by atoms with van der Waals surface area (Å²) in [6.07, 6.45) is 83.7. The van der Waals surface area contributed by atoms with Crippen molar-refractivity contribution in [3.63, 3.8) is 0 Å². The maximum atomic E-state index is 12.9. The van der Waals surface area contributed by atoms with Crippen LogP contribution in [-0.4, -0.2) is 37.2 Å². The molecule has 0 spiro atoms. The Bertz CT molecular complexity index is 1510. The molecule has 0 saturated heterocycles. The minimum Gasteiger partial charge on any atom is -0.462 e. The van der Waals surface area contributed by atoms with Gasteiger partial charge in [-0.05, 0) is 128 Å². The molecule has 0 aromatic carbocycles. The van der Waals surface area contributed by atoms with Crippen LogP contribution >= 0.6 is 0 Å². The first kappa shape index (κ1) is 70.1. The van der Waals surface area contributed by atoms with Gasteiger partial charge < -0.3 is 14.2 Å². The maximum absolute atomic E-state index is 12.9. The Kier molecular flexibility index (Phi) is 58.3. The Morgan fingerprint density at radius 2 is 0.527 bits per heavy atom. The lowest BCUT2D eigenvalue weighted by Gasteiger charge is -2.18. The van der Waals surface area contributed by atoms with Crippen molar-refractivity contribution in [2.75, 3.05) is 13.2 Å². The molecule has 0 radical (unpaired) electrons. The van der Waals surface area contributed by atoms with Crippen LogP contribution in [0.15, 0.2) is 109 Å². The first-order valence-corrected chi connectivity index (χ1v) is 30.9. The summed E-state index contributed by atoms with van der Waals surface area (Å²) >= 11 is 0. The summed E-state index contributed by atoms with van der Waals surface area (Å²) in [6, 6.07) is 0. The van der Waals surface area contributed by atoms with Gasteiger partial charge in [0.25, 0.3) is 0 Å². The van der Waals surface area contributed by atoms with Gasteiger partial charge in [0.1, 0.15) is 13.2 Å². The fraction of sp³-hybridized carbons (Fsp3) is 0.691. The molecule has 0 aromatic rings. The van der Waals surface area contributed by atoms with Crippen molar-refractivity contribution in [3.05, 3.63) is 109 Å². The average molecular weight is 1030 g/mol. The minimum absolute atomic E-state index is 0.0909. The second-order valence-electron chi connectivity index (χ2n) is 20.2. The number of unbranched alkanes of at least 4 members (excludes halogenated alkanes) is 26. The number of esters is 3. The maximum Gasteiger partial charge on any atom is 0.306 e. The highest BCUT2D eigenvalue weighted by molar-refractivity contribution is 5.71. The zero-order valence-corrected chi connectivity index (χ0v) is 48.3. The number of allylic oxidation sites excluding steroid dienone is 18. The molecule has 0 aliphatic carbocycles. The van der Waals surface area contributed by atoms with Crippen molar-refractivity contribution >= 4 is 17.9 Å². The fourth-order valence-electron chi connectivity index (χ4n) is 8.35. The average Bonchev–Trinajstić information content (AvgIpc) is 3.40. The normalized spacial score (nSPS) is 12.9. The number of carbonyl (C=O) groups is 3. The summed E-state index contributed by atoms with van der Waals surface area (Å²) in [5, 5.41) is 0. The topological polar surface area (TPSA) is 78.9 Å². The van der Waals surface area contributed by atoms with E-state index >= 15 is 0 Å². The molecule has 0 saturated carbocycles. The molecule has 0 aliphatic rings. The quantitative estimate of drug-likeness (QED) is 0.0261. The molecule has 0 amide bonds. The molecule has 0 rings (SSSR count). The highest BCUT2D eigenvalue weighted by Crippen LogP contribution is 2.15. The van der Waals surface area contributed by atoms with Crippen LogP contribution in [0.25, 0.3) is 0 Å². The lowest BCUT2D eigenvalue weighted by Crippen LogP contribution is -2.30. The molecule has 0 fully saturated rings. The van der Waals surface area contributed by atoms with Crippen LogP contribution in [0.5, 0.6) is 0 Å². The fourth-order valence-corrected chi connectivity index (χ4v) is 8.35. The van der Waals surface area contributed by atoms with Gasteiger partial charge in [-0.25, -0.2) is 0 Å². The summed E-state index contributed by atoms with van der Waals surface area (Å²) in [5.74, 6) is -0.917. The van der Waals surface area contributed by atoms with E-state index in [-0.39, 0.29) is 31.1 Å². The zero-order valence-electron chi connectivity index (χ0n) is 48.3. The minimum atomic E-state index is -0.794. The second kappa shape index (κ2) is 61.6. The molecule has 1 unspecified atom stereocenters. The number of carbonyl (C=O) groups excluding carboxylic acids is 3. The summed E-state index contributed by atoms with van der Waals surface area (Å²) in [4.78, 5) is 38.2. The van der Waals surface area contributed by atoms with E-state index in [0.29, 0.717) is 19.3 Å². The summed E-state index contributed by atoms with van der Waals surface area (Å²) in [5.41, 5.74) is 0. The number of hydrogen-bond donors (Lipinski definition) is 0. The van der Waals surface area contributed by atoms with Gasteiger partial charge in [0, 0.05) is 19.3 Å². The molecule has 422 valence electrons. The van der Waals surface area contributed by atoms with E-state index in [1.807, 2.05) is 0 Å². The molecular formula is C68H114O6. The van der Waals surface area contributed by atoms with E-state index in [9.17, 15) is 14.4 Å². The molecule has 6 nitrogen and oxygen atoms in total. The smallest absolute Gasteiger partial charge is 0.306 e. The Morgan fingerprint density at radius 3 is 0.865 bits per heavy atom. The second-order valence-corrected chi connectivity index (χ2v) is 20.2. The van der Waals surface area contributed by atoms with Gasteiger partial charge in [-0.1, -0.05) is 246 Å². The first-order valence-electron chi connectivity index (χ1n) is 30.9. The van der Waals surface area contributed by atoms with Gasteiger partial charge in [0.2, 0.25) is 0 Å². The van der Waals surface area contributed by atoms with Gasteiger partial charge in [0.05, 0.1) is 0 Å². The predicted molar refractivity (Wildman–Crippen MR) is 320 cm³/mol. The van der Waals surface area contributed by atoms with Crippen LogP contribution in [0.1, 0.15) is 284 Å². The van der Waals surface area contributed by atoms with Crippen LogP contribution in [-0.2, 0) is 28.6 Å². The zero-order chi connectivity index (χ0) is 53.6. The van der Waals surface area contributed by atoms with Crippen molar-refractivity contribution in [3.8, 4) is 0 Å². The summed E-state index contributed by atoms with van der Waals surface area (Å²) < 4.78 is 16.9. The van der Waals surface area contributed by atoms with Gasteiger partial charge >= 0.3 is 17.9 Å². The van der Waals surface area contributed by atoms with E-state index in [2.05, 4.69) is 130 Å². The monoisotopic (exact) mass is 1030 g/mol. The molecule has 6 heteroatoms. The van der Waals surface area contributed by atoms with Gasteiger partial charge in [0.15, 0.2) is 6.10 Å². The molecule has 74 heavy (non-hydrogen) atoms. The number of rotatable bonds is 55. The van der Waals surface area contributed by atoms with Crippen LogP contribution in [0.4, 0.5) is 0 Å². The van der Waals surface area contributed by atoms with Crippen molar-refractivity contribution in [2.24, 2.45) is 0 Å². The summed E-state index contributed by atoms with van der Waals surface area (Å²) in [7, 11) is 0. The van der Waals surface area contributed by atoms with E-state index in [1.54, 1.807) is 0 Å². The predicted octanol–water partition coefficient (Wildman–Crippen LogP) is 21.0.